The van der Waals surface area contributed by atoms with Crippen molar-refractivity contribution in [3.63, 3.8) is 0 Å². The van der Waals surface area contributed by atoms with Gasteiger partial charge in [-0.15, -0.1) is 11.3 Å². The minimum Gasteiger partial charge on any atom is -0.353 e. The van der Waals surface area contributed by atoms with E-state index >= 15 is 0 Å². The van der Waals surface area contributed by atoms with Crippen molar-refractivity contribution < 1.29 is 9.59 Å². The number of nitrogens with zero attached hydrogens (tertiary/aromatic N) is 1. The van der Waals surface area contributed by atoms with Crippen LogP contribution in [0.4, 0.5) is 0 Å². The summed E-state index contributed by atoms with van der Waals surface area (Å²) in [6, 6.07) is 4.20. The van der Waals surface area contributed by atoms with Gasteiger partial charge in [0.2, 0.25) is 5.91 Å². The lowest BCUT2D eigenvalue weighted by atomic mass is 9.67. The smallest absolute Gasteiger partial charge is 0.263 e. The summed E-state index contributed by atoms with van der Waals surface area (Å²) in [4.78, 5) is 28.2. The summed E-state index contributed by atoms with van der Waals surface area (Å²) in [5, 5.41) is 5.13. The van der Waals surface area contributed by atoms with Crippen LogP contribution in [0.15, 0.2) is 17.5 Å². The first-order valence-electron chi connectivity index (χ1n) is 8.81. The standard InChI is InChI=1S/C18H24N2O2S/c21-16(19-13-6-7-13)14-11-20(17(22)15-5-4-10-23-15)12-18(14)8-2-1-3-9-18/h4-5,10,13-14H,1-3,6-9,11-12H2,(H,19,21). The van der Waals surface area contributed by atoms with Gasteiger partial charge in [0, 0.05) is 24.5 Å². The van der Waals surface area contributed by atoms with Crippen molar-refractivity contribution in [1.29, 1.82) is 0 Å². The summed E-state index contributed by atoms with van der Waals surface area (Å²) in [6.45, 7) is 1.35. The number of rotatable bonds is 3. The van der Waals surface area contributed by atoms with Crippen LogP contribution in [0.3, 0.4) is 0 Å². The van der Waals surface area contributed by atoms with Crippen molar-refractivity contribution in [3.05, 3.63) is 22.4 Å². The summed E-state index contributed by atoms with van der Waals surface area (Å²) in [6.07, 6.45) is 8.04. The molecule has 3 fully saturated rings. The molecule has 124 valence electrons. The van der Waals surface area contributed by atoms with Crippen LogP contribution in [0.2, 0.25) is 0 Å². The van der Waals surface area contributed by atoms with E-state index in [1.54, 1.807) is 0 Å². The van der Waals surface area contributed by atoms with E-state index in [1.807, 2.05) is 22.4 Å². The van der Waals surface area contributed by atoms with Crippen molar-refractivity contribution in [2.75, 3.05) is 13.1 Å². The molecule has 5 heteroatoms. The fourth-order valence-electron chi connectivity index (χ4n) is 4.33. The van der Waals surface area contributed by atoms with Gasteiger partial charge in [0.15, 0.2) is 0 Å². The van der Waals surface area contributed by atoms with Crippen LogP contribution in [0.1, 0.15) is 54.6 Å². The molecule has 1 saturated heterocycles. The second kappa shape index (κ2) is 5.93. The first kappa shape index (κ1) is 15.2. The van der Waals surface area contributed by atoms with E-state index in [2.05, 4.69) is 5.32 Å². The summed E-state index contributed by atoms with van der Waals surface area (Å²) in [5.74, 6) is 0.273. The Hall–Kier alpha value is -1.36. The molecule has 4 nitrogen and oxygen atoms in total. The third kappa shape index (κ3) is 2.91. The van der Waals surface area contributed by atoms with E-state index < -0.39 is 0 Å². The van der Waals surface area contributed by atoms with Crippen LogP contribution in [-0.4, -0.2) is 35.8 Å². The molecular weight excluding hydrogens is 308 g/mol. The molecule has 1 N–H and O–H groups in total. The number of hydrogen-bond acceptors (Lipinski definition) is 3. The van der Waals surface area contributed by atoms with Gasteiger partial charge in [-0.25, -0.2) is 0 Å². The molecular formula is C18H24N2O2S. The molecule has 23 heavy (non-hydrogen) atoms. The molecule has 2 heterocycles. The number of carbonyl (C=O) groups excluding carboxylic acids is 2. The Bertz CT molecular complexity index is 588. The number of nitrogens with one attached hydrogen (secondary N) is 1. The zero-order chi connectivity index (χ0) is 15.9. The van der Waals surface area contributed by atoms with Gasteiger partial charge in [-0.2, -0.15) is 0 Å². The maximum absolute atomic E-state index is 12.8. The lowest BCUT2D eigenvalue weighted by Gasteiger charge is -2.37. The van der Waals surface area contributed by atoms with Gasteiger partial charge in [-0.1, -0.05) is 25.3 Å². The van der Waals surface area contributed by atoms with Gasteiger partial charge in [-0.05, 0) is 37.1 Å². The predicted octanol–water partition coefficient (Wildman–Crippen LogP) is 3.05. The number of carbonyl (C=O) groups is 2. The van der Waals surface area contributed by atoms with E-state index in [-0.39, 0.29) is 23.1 Å². The molecule has 1 aromatic rings. The quantitative estimate of drug-likeness (QED) is 0.925. The summed E-state index contributed by atoms with van der Waals surface area (Å²) < 4.78 is 0. The third-order valence-corrected chi connectivity index (χ3v) is 6.61. The molecule has 0 radical (unpaired) electrons. The van der Waals surface area contributed by atoms with Crippen LogP contribution >= 0.6 is 11.3 Å². The minimum absolute atomic E-state index is 0.0180. The zero-order valence-corrected chi connectivity index (χ0v) is 14.2. The highest BCUT2D eigenvalue weighted by molar-refractivity contribution is 7.12. The number of likely N-dealkylation sites (tertiary alicyclic amines) is 1. The highest BCUT2D eigenvalue weighted by atomic mass is 32.1. The zero-order valence-electron chi connectivity index (χ0n) is 13.4. The second-order valence-electron chi connectivity index (χ2n) is 7.42. The number of thiophene rings is 1. The molecule has 4 rings (SSSR count). The van der Waals surface area contributed by atoms with Crippen molar-refractivity contribution in [2.24, 2.45) is 11.3 Å². The van der Waals surface area contributed by atoms with Gasteiger partial charge >= 0.3 is 0 Å². The molecule has 2 amide bonds. The first-order valence-corrected chi connectivity index (χ1v) is 9.69. The predicted molar refractivity (Wildman–Crippen MR) is 90.4 cm³/mol. The van der Waals surface area contributed by atoms with Crippen molar-refractivity contribution in [3.8, 4) is 0 Å². The Kier molecular flexibility index (Phi) is 3.92. The molecule has 1 spiro atoms. The van der Waals surface area contributed by atoms with Gasteiger partial charge < -0.3 is 10.2 Å². The minimum atomic E-state index is -0.0210. The Balaban J connectivity index is 1.55. The Morgan fingerprint density at radius 2 is 2.00 bits per heavy atom. The van der Waals surface area contributed by atoms with E-state index in [1.165, 1.54) is 30.6 Å². The largest absolute Gasteiger partial charge is 0.353 e. The second-order valence-corrected chi connectivity index (χ2v) is 8.37. The van der Waals surface area contributed by atoms with Crippen LogP contribution in [0, 0.1) is 11.3 Å². The Morgan fingerprint density at radius 3 is 2.65 bits per heavy atom. The summed E-state index contributed by atoms with van der Waals surface area (Å²) >= 11 is 1.49. The number of amides is 2. The SMILES string of the molecule is O=C(NC1CC1)C1CN(C(=O)c2cccs2)CC12CCCCC2. The maximum atomic E-state index is 12.8. The lowest BCUT2D eigenvalue weighted by Crippen LogP contribution is -2.43. The van der Waals surface area contributed by atoms with Gasteiger partial charge in [0.25, 0.3) is 5.91 Å². The lowest BCUT2D eigenvalue weighted by molar-refractivity contribution is -0.128. The van der Waals surface area contributed by atoms with Crippen LogP contribution in [0.25, 0.3) is 0 Å². The molecule has 1 aliphatic heterocycles. The molecule has 3 aliphatic rings. The third-order valence-electron chi connectivity index (χ3n) is 5.76. The summed E-state index contributed by atoms with van der Waals surface area (Å²) in [7, 11) is 0. The average molecular weight is 332 g/mol. The Labute approximate surface area is 141 Å². The van der Waals surface area contributed by atoms with Crippen LogP contribution in [0.5, 0.6) is 0 Å². The van der Waals surface area contributed by atoms with Gasteiger partial charge in [0.05, 0.1) is 10.8 Å². The van der Waals surface area contributed by atoms with Crippen molar-refractivity contribution in [2.45, 2.75) is 51.0 Å². The molecule has 0 aromatic carbocycles. The first-order chi connectivity index (χ1) is 11.2. The normalized spacial score (nSPS) is 26.4. The highest BCUT2D eigenvalue weighted by Crippen LogP contribution is 2.48. The molecule has 1 aromatic heterocycles. The monoisotopic (exact) mass is 332 g/mol. The van der Waals surface area contributed by atoms with E-state index in [0.29, 0.717) is 12.6 Å². The number of hydrogen-bond donors (Lipinski definition) is 1. The maximum Gasteiger partial charge on any atom is 0.263 e. The molecule has 1 unspecified atom stereocenters. The van der Waals surface area contributed by atoms with E-state index in [4.69, 9.17) is 0 Å². The average Bonchev–Trinajstić information content (AvgIpc) is 3.08. The summed E-state index contributed by atoms with van der Waals surface area (Å²) in [5.41, 5.74) is 0.0180. The topological polar surface area (TPSA) is 49.4 Å². The molecule has 1 atom stereocenters. The van der Waals surface area contributed by atoms with E-state index in [9.17, 15) is 9.59 Å². The van der Waals surface area contributed by atoms with Crippen LogP contribution in [-0.2, 0) is 4.79 Å². The molecule has 2 aliphatic carbocycles. The fourth-order valence-corrected chi connectivity index (χ4v) is 5.02. The molecule has 0 bridgehead atoms. The van der Waals surface area contributed by atoms with Crippen molar-refractivity contribution >= 4 is 23.2 Å². The van der Waals surface area contributed by atoms with Crippen LogP contribution < -0.4 is 5.32 Å². The fraction of sp³-hybridized carbons (Fsp3) is 0.667. The van der Waals surface area contributed by atoms with Gasteiger partial charge in [-0.3, -0.25) is 9.59 Å². The van der Waals surface area contributed by atoms with Gasteiger partial charge in [0.1, 0.15) is 0 Å². The Morgan fingerprint density at radius 1 is 1.22 bits per heavy atom. The molecule has 2 saturated carbocycles. The van der Waals surface area contributed by atoms with Crippen molar-refractivity contribution in [1.82, 2.24) is 10.2 Å². The van der Waals surface area contributed by atoms with E-state index in [0.717, 1.165) is 37.1 Å². The highest BCUT2D eigenvalue weighted by Gasteiger charge is 2.51.